The molecule has 1 aliphatic heterocycles. The Morgan fingerprint density at radius 3 is 2.52 bits per heavy atom. The molecule has 0 atom stereocenters. The highest BCUT2D eigenvalue weighted by Crippen LogP contribution is 2.31. The van der Waals surface area contributed by atoms with E-state index in [1.54, 1.807) is 7.05 Å². The zero-order valence-corrected chi connectivity index (χ0v) is 17.2. The van der Waals surface area contributed by atoms with Crippen LogP contribution in [0.5, 0.6) is 0 Å². The molecule has 0 fully saturated rings. The number of hydrogen-bond acceptors (Lipinski definition) is 4. The average Bonchev–Trinajstić information content (AvgIpc) is 3.04. The Morgan fingerprint density at radius 2 is 1.85 bits per heavy atom. The third-order valence-electron chi connectivity index (χ3n) is 4.90. The quantitative estimate of drug-likeness (QED) is 0.639. The molecule has 27 heavy (non-hydrogen) atoms. The highest BCUT2D eigenvalue weighted by atomic mass is 79.9. The van der Waals surface area contributed by atoms with Crippen molar-refractivity contribution in [3.05, 3.63) is 49.6 Å². The lowest BCUT2D eigenvalue weighted by Gasteiger charge is -2.29. The first-order chi connectivity index (χ1) is 12.9. The molecule has 0 unspecified atom stereocenters. The van der Waals surface area contributed by atoms with Crippen LogP contribution in [0.15, 0.2) is 38.3 Å². The van der Waals surface area contributed by atoms with Gasteiger partial charge in [-0.05, 0) is 36.6 Å². The number of benzene rings is 1. The Labute approximate surface area is 165 Å². The Balaban J connectivity index is 1.96. The molecule has 0 bridgehead atoms. The van der Waals surface area contributed by atoms with Crippen LogP contribution in [0, 0.1) is 5.92 Å². The highest BCUT2D eigenvalue weighted by molar-refractivity contribution is 9.10. The standard InChI is InChI=1S/C19H22BrN5O2/c1-12(2)11-25-17(26)15-16(22(3)19(25)27)21-18-23(9-4-10-24(15)18)14-7-5-13(20)6-8-14/h5-8,12H,4,9-11H2,1-3H3. The number of anilines is 2. The summed E-state index contributed by atoms with van der Waals surface area (Å²) in [6, 6.07) is 8.02. The smallest absolute Gasteiger partial charge is 0.312 e. The largest absolute Gasteiger partial charge is 0.332 e. The second-order valence-corrected chi connectivity index (χ2v) is 8.28. The van der Waals surface area contributed by atoms with Crippen LogP contribution in [0.4, 0.5) is 11.6 Å². The lowest BCUT2D eigenvalue weighted by atomic mass is 10.2. The molecule has 1 aliphatic rings. The molecule has 0 aliphatic carbocycles. The molecule has 0 radical (unpaired) electrons. The van der Waals surface area contributed by atoms with Crippen molar-refractivity contribution in [1.82, 2.24) is 18.7 Å². The normalized spacial score (nSPS) is 14.2. The van der Waals surface area contributed by atoms with E-state index in [2.05, 4.69) is 20.8 Å². The molecule has 0 saturated heterocycles. The van der Waals surface area contributed by atoms with Gasteiger partial charge in [-0.3, -0.25) is 13.9 Å². The molecular formula is C19H22BrN5O2. The molecule has 1 aromatic carbocycles. The SMILES string of the molecule is CC(C)Cn1c(=O)c2c(nc3n2CCCN3c2ccc(Br)cc2)n(C)c1=O. The van der Waals surface area contributed by atoms with Crippen molar-refractivity contribution >= 4 is 38.7 Å². The zero-order valence-electron chi connectivity index (χ0n) is 15.6. The van der Waals surface area contributed by atoms with Crippen molar-refractivity contribution in [2.24, 2.45) is 13.0 Å². The predicted octanol–water partition coefficient (Wildman–Crippen LogP) is 2.86. The second kappa shape index (κ2) is 6.67. The van der Waals surface area contributed by atoms with E-state index in [9.17, 15) is 9.59 Å². The second-order valence-electron chi connectivity index (χ2n) is 7.37. The van der Waals surface area contributed by atoms with Crippen LogP contribution >= 0.6 is 15.9 Å². The Morgan fingerprint density at radius 1 is 1.15 bits per heavy atom. The summed E-state index contributed by atoms with van der Waals surface area (Å²) < 4.78 is 5.79. The fraction of sp³-hybridized carbons (Fsp3) is 0.421. The first-order valence-corrected chi connectivity index (χ1v) is 9.91. The first-order valence-electron chi connectivity index (χ1n) is 9.11. The summed E-state index contributed by atoms with van der Waals surface area (Å²) in [5.74, 6) is 0.920. The summed E-state index contributed by atoms with van der Waals surface area (Å²) >= 11 is 3.46. The number of rotatable bonds is 3. The zero-order chi connectivity index (χ0) is 19.3. The number of aryl methyl sites for hydroxylation is 2. The number of fused-ring (bicyclic) bond motifs is 3. The van der Waals surface area contributed by atoms with Gasteiger partial charge in [0.15, 0.2) is 11.2 Å². The van der Waals surface area contributed by atoms with E-state index in [-0.39, 0.29) is 17.2 Å². The van der Waals surface area contributed by atoms with Crippen LogP contribution < -0.4 is 16.1 Å². The van der Waals surface area contributed by atoms with Crippen LogP contribution in [0.3, 0.4) is 0 Å². The molecule has 0 N–H and O–H groups in total. The van der Waals surface area contributed by atoms with E-state index < -0.39 is 0 Å². The summed E-state index contributed by atoms with van der Waals surface area (Å²) in [4.78, 5) is 32.6. The minimum Gasteiger partial charge on any atom is -0.312 e. The van der Waals surface area contributed by atoms with Crippen molar-refractivity contribution in [2.75, 3.05) is 11.4 Å². The lowest BCUT2D eigenvalue weighted by Crippen LogP contribution is -2.40. The predicted molar refractivity (Wildman–Crippen MR) is 110 cm³/mol. The van der Waals surface area contributed by atoms with Gasteiger partial charge < -0.3 is 9.47 Å². The van der Waals surface area contributed by atoms with Gasteiger partial charge in [0.2, 0.25) is 5.95 Å². The third kappa shape index (κ3) is 2.92. The number of halogens is 1. The van der Waals surface area contributed by atoms with E-state index in [0.717, 1.165) is 23.1 Å². The lowest BCUT2D eigenvalue weighted by molar-refractivity contribution is 0.483. The van der Waals surface area contributed by atoms with Crippen molar-refractivity contribution in [1.29, 1.82) is 0 Å². The number of nitrogens with zero attached hydrogens (tertiary/aromatic N) is 5. The topological polar surface area (TPSA) is 65.1 Å². The molecule has 2 aromatic heterocycles. The number of hydrogen-bond donors (Lipinski definition) is 0. The van der Waals surface area contributed by atoms with Gasteiger partial charge >= 0.3 is 5.69 Å². The van der Waals surface area contributed by atoms with Crippen LogP contribution in [0.1, 0.15) is 20.3 Å². The minimum absolute atomic E-state index is 0.205. The highest BCUT2D eigenvalue weighted by Gasteiger charge is 2.27. The van der Waals surface area contributed by atoms with Crippen molar-refractivity contribution in [2.45, 2.75) is 33.4 Å². The Kier molecular flexibility index (Phi) is 4.46. The minimum atomic E-state index is -0.313. The van der Waals surface area contributed by atoms with Gasteiger partial charge in [-0.25, -0.2) is 4.79 Å². The Hall–Kier alpha value is -2.35. The molecular weight excluding hydrogens is 410 g/mol. The summed E-state index contributed by atoms with van der Waals surface area (Å²) in [5.41, 5.74) is 1.41. The van der Waals surface area contributed by atoms with Crippen molar-refractivity contribution < 1.29 is 0 Å². The average molecular weight is 432 g/mol. The third-order valence-corrected chi connectivity index (χ3v) is 5.43. The van der Waals surface area contributed by atoms with Crippen LogP contribution in [0.25, 0.3) is 11.2 Å². The molecule has 7 nitrogen and oxygen atoms in total. The molecule has 0 spiro atoms. The van der Waals surface area contributed by atoms with Gasteiger partial charge in [0.25, 0.3) is 5.56 Å². The summed E-state index contributed by atoms with van der Waals surface area (Å²) in [6.07, 6.45) is 0.904. The van der Waals surface area contributed by atoms with Crippen LogP contribution in [0.2, 0.25) is 0 Å². The molecule has 142 valence electrons. The summed E-state index contributed by atoms with van der Waals surface area (Å²) in [6.45, 7) is 5.93. The van der Waals surface area contributed by atoms with Gasteiger partial charge in [-0.15, -0.1) is 0 Å². The van der Waals surface area contributed by atoms with Crippen molar-refractivity contribution in [3.8, 4) is 0 Å². The first kappa shape index (κ1) is 18.0. The van der Waals surface area contributed by atoms with E-state index in [4.69, 9.17) is 4.98 Å². The maximum atomic E-state index is 13.1. The van der Waals surface area contributed by atoms with E-state index >= 15 is 0 Å². The van der Waals surface area contributed by atoms with Gasteiger partial charge in [0, 0.05) is 36.8 Å². The number of aromatic nitrogens is 4. The summed E-state index contributed by atoms with van der Waals surface area (Å²) in [5, 5.41) is 0. The Bertz CT molecular complexity index is 1120. The van der Waals surface area contributed by atoms with Gasteiger partial charge in [0.05, 0.1) is 0 Å². The maximum absolute atomic E-state index is 13.1. The van der Waals surface area contributed by atoms with Gasteiger partial charge in [-0.2, -0.15) is 4.98 Å². The van der Waals surface area contributed by atoms with E-state index in [1.165, 1.54) is 9.13 Å². The molecule has 8 heteroatoms. The van der Waals surface area contributed by atoms with Crippen LogP contribution in [-0.4, -0.2) is 25.2 Å². The van der Waals surface area contributed by atoms with Crippen LogP contribution in [-0.2, 0) is 20.1 Å². The molecule has 0 saturated carbocycles. The van der Waals surface area contributed by atoms with E-state index in [0.29, 0.717) is 30.2 Å². The fourth-order valence-electron chi connectivity index (χ4n) is 3.66. The van der Waals surface area contributed by atoms with Gasteiger partial charge in [0.1, 0.15) is 0 Å². The molecule has 0 amide bonds. The maximum Gasteiger partial charge on any atom is 0.332 e. The van der Waals surface area contributed by atoms with Crippen molar-refractivity contribution in [3.63, 3.8) is 0 Å². The molecule has 3 heterocycles. The summed E-state index contributed by atoms with van der Waals surface area (Å²) in [7, 11) is 1.68. The monoisotopic (exact) mass is 431 g/mol. The fourth-order valence-corrected chi connectivity index (χ4v) is 3.92. The van der Waals surface area contributed by atoms with E-state index in [1.807, 2.05) is 42.7 Å². The molecule has 4 rings (SSSR count). The van der Waals surface area contributed by atoms with Gasteiger partial charge in [-0.1, -0.05) is 29.8 Å². The number of imidazole rings is 1. The molecule has 3 aromatic rings.